The third-order valence-corrected chi connectivity index (χ3v) is 7.99. The minimum Gasteiger partial charge on any atom is -0.492 e. The number of ether oxygens (including phenoxy) is 2. The van der Waals surface area contributed by atoms with Crippen molar-refractivity contribution in [3.05, 3.63) is 34.9 Å². The van der Waals surface area contributed by atoms with Crippen molar-refractivity contribution in [3.63, 3.8) is 0 Å². The van der Waals surface area contributed by atoms with E-state index < -0.39 is 5.97 Å². The van der Waals surface area contributed by atoms with E-state index in [2.05, 4.69) is 11.5 Å². The summed E-state index contributed by atoms with van der Waals surface area (Å²) >= 11 is 6.30. The summed E-state index contributed by atoms with van der Waals surface area (Å²) in [6.07, 6.45) is 6.81. The lowest BCUT2D eigenvalue weighted by atomic mass is 9.95. The molecule has 1 aromatic carbocycles. The Morgan fingerprint density at radius 2 is 1.82 bits per heavy atom. The molecule has 1 aromatic rings. The van der Waals surface area contributed by atoms with Gasteiger partial charge < -0.3 is 25.2 Å². The van der Waals surface area contributed by atoms with Crippen molar-refractivity contribution < 1.29 is 33.8 Å². The van der Waals surface area contributed by atoms with Gasteiger partial charge in [-0.05, 0) is 61.8 Å². The second-order valence-corrected chi connectivity index (χ2v) is 10.3. The number of hydrogen-bond donors (Lipinski definition) is 2. The number of nitrogens with two attached hydrogens (primary N) is 1. The van der Waals surface area contributed by atoms with Crippen molar-refractivity contribution in [2.75, 3.05) is 45.2 Å². The van der Waals surface area contributed by atoms with Crippen LogP contribution in [0.15, 0.2) is 18.7 Å². The number of nitrogens with zero attached hydrogens (tertiary/aromatic N) is 1. The highest BCUT2D eigenvalue weighted by Crippen LogP contribution is 2.54. The zero-order valence-corrected chi connectivity index (χ0v) is 21.7. The molecule has 210 valence electrons. The van der Waals surface area contributed by atoms with Gasteiger partial charge in [0.2, 0.25) is 0 Å². The van der Waals surface area contributed by atoms with Crippen LogP contribution in [-0.2, 0) is 25.5 Å². The van der Waals surface area contributed by atoms with Crippen LogP contribution < -0.4 is 10.5 Å². The largest absolute Gasteiger partial charge is 0.492 e. The van der Waals surface area contributed by atoms with E-state index >= 15 is 0 Å². The molecule has 0 bridgehead atoms. The van der Waals surface area contributed by atoms with Crippen LogP contribution in [0.2, 0.25) is 5.02 Å². The molecule has 0 spiro atoms. The number of aliphatic carboxylic acids is 1. The Labute approximate surface area is 229 Å². The molecule has 3 fully saturated rings. The van der Waals surface area contributed by atoms with Gasteiger partial charge in [0.15, 0.2) is 5.78 Å². The molecule has 3 aliphatic heterocycles. The van der Waals surface area contributed by atoms with Gasteiger partial charge in [-0.15, -0.1) is 0 Å². The second kappa shape index (κ2) is 15.0. The van der Waals surface area contributed by atoms with Crippen molar-refractivity contribution in [1.82, 2.24) is 4.90 Å². The van der Waals surface area contributed by atoms with Crippen molar-refractivity contribution in [2.45, 2.75) is 46.0 Å². The minimum absolute atomic E-state index is 0. The number of carboxylic acids is 1. The first-order chi connectivity index (χ1) is 17.8. The fourth-order valence-electron chi connectivity index (χ4n) is 5.78. The van der Waals surface area contributed by atoms with Gasteiger partial charge in [-0.1, -0.05) is 25.6 Å². The summed E-state index contributed by atoms with van der Waals surface area (Å²) < 4.78 is 11.3. The number of hydrogen-bond acceptors (Lipinski definition) is 8. The smallest absolute Gasteiger partial charge is 0.373 e. The van der Waals surface area contributed by atoms with Gasteiger partial charge in [-0.2, -0.15) is 9.59 Å². The molecule has 1 aliphatic carbocycles. The number of fused-ring (bicyclic) bond motifs is 2. The Morgan fingerprint density at radius 3 is 2.39 bits per heavy atom. The van der Waals surface area contributed by atoms with Gasteiger partial charge in [0.05, 0.1) is 22.9 Å². The number of likely N-dealkylation sites (tertiary alicyclic amines) is 1. The Bertz CT molecular complexity index is 1010. The summed E-state index contributed by atoms with van der Waals surface area (Å²) in [5, 5.41) is 8.08. The molecule has 4 aliphatic rings. The topological polar surface area (TPSA) is 136 Å². The first-order valence-corrected chi connectivity index (χ1v) is 13.1. The van der Waals surface area contributed by atoms with E-state index in [4.69, 9.17) is 41.5 Å². The number of nitrogen functional groups attached to an aromatic ring is 1. The van der Waals surface area contributed by atoms with Crippen LogP contribution in [0.3, 0.4) is 0 Å². The van der Waals surface area contributed by atoms with Crippen LogP contribution in [0.25, 0.3) is 0 Å². The standard InChI is InChI=1S/C23H31ClN2O3.C3H4O2.CO2.CH4/c24-20-10-17(23-16(22(20)25)2-1-7-29-23)21(27)4-3-15-18-12-26(13-19(15)18)11-14-5-8-28-9-6-14;1-2-3(4)5;2-1-3;/h10,14-15,18-19H,1-9,11-13,25H2;2H,1H2,(H,4,5);;1H4. The van der Waals surface area contributed by atoms with Crippen LogP contribution >= 0.6 is 11.6 Å². The lowest BCUT2D eigenvalue weighted by molar-refractivity contribution is -0.191. The summed E-state index contributed by atoms with van der Waals surface area (Å²) in [7, 11) is 0. The highest BCUT2D eigenvalue weighted by molar-refractivity contribution is 6.33. The van der Waals surface area contributed by atoms with Gasteiger partial charge >= 0.3 is 12.1 Å². The summed E-state index contributed by atoms with van der Waals surface area (Å²) in [4.78, 5) is 41.1. The summed E-state index contributed by atoms with van der Waals surface area (Å²) in [6.45, 7) is 9.12. The Kier molecular flexibility index (Phi) is 12.5. The molecule has 2 saturated heterocycles. The third-order valence-electron chi connectivity index (χ3n) is 7.67. The van der Waals surface area contributed by atoms with Crippen LogP contribution in [0.4, 0.5) is 5.69 Å². The molecular formula is C28H39ClN2O7. The van der Waals surface area contributed by atoms with Crippen molar-refractivity contribution in [2.24, 2.45) is 23.7 Å². The molecule has 2 unspecified atom stereocenters. The highest BCUT2D eigenvalue weighted by Gasteiger charge is 2.54. The SMILES string of the molecule is C.C=CC(=O)O.Nc1c(Cl)cc(C(=O)CCC2C3CN(CC4CCOCC4)CC23)c2c1CCCO2.O=C=O. The lowest BCUT2D eigenvalue weighted by Crippen LogP contribution is -2.33. The number of ketones is 1. The van der Waals surface area contributed by atoms with Crippen LogP contribution in [0.1, 0.15) is 55.5 Å². The molecule has 0 amide bonds. The predicted octanol–water partition coefficient (Wildman–Crippen LogP) is 4.12. The number of anilines is 1. The molecule has 5 rings (SSSR count). The molecule has 9 nitrogen and oxygen atoms in total. The summed E-state index contributed by atoms with van der Waals surface area (Å²) in [5.74, 6) is 2.96. The van der Waals surface area contributed by atoms with Gasteiger partial charge in [0, 0.05) is 50.9 Å². The van der Waals surface area contributed by atoms with E-state index in [0.29, 0.717) is 41.0 Å². The Balaban J connectivity index is 0.000000500. The number of Topliss-reactive ketones (excluding diaryl/α,β-unsaturated/α-hetero) is 1. The normalized spacial score (nSPS) is 23.3. The van der Waals surface area contributed by atoms with Crippen LogP contribution in [-0.4, -0.2) is 67.4 Å². The van der Waals surface area contributed by atoms with Crippen LogP contribution in [0.5, 0.6) is 5.75 Å². The average molecular weight is 551 g/mol. The van der Waals surface area contributed by atoms with E-state index in [9.17, 15) is 9.59 Å². The predicted molar refractivity (Wildman–Crippen MR) is 143 cm³/mol. The number of carbonyl (C=O) groups is 2. The van der Waals surface area contributed by atoms with Gasteiger partial charge in [0.25, 0.3) is 0 Å². The molecule has 1 saturated carbocycles. The average Bonchev–Trinajstić information content (AvgIpc) is 3.36. The van der Waals surface area contributed by atoms with E-state index in [1.807, 2.05) is 0 Å². The van der Waals surface area contributed by atoms with Crippen LogP contribution in [0, 0.1) is 23.7 Å². The van der Waals surface area contributed by atoms with E-state index in [-0.39, 0.29) is 19.4 Å². The molecule has 0 aromatic heterocycles. The summed E-state index contributed by atoms with van der Waals surface area (Å²) in [6, 6.07) is 1.72. The molecule has 3 heterocycles. The number of halogens is 1. The monoisotopic (exact) mass is 550 g/mol. The minimum atomic E-state index is -0.981. The Morgan fingerprint density at radius 1 is 1.21 bits per heavy atom. The summed E-state index contributed by atoms with van der Waals surface area (Å²) in [5.41, 5.74) is 8.23. The van der Waals surface area contributed by atoms with Gasteiger partial charge in [0.1, 0.15) is 5.75 Å². The number of carbonyl (C=O) groups excluding carboxylic acids is 3. The maximum atomic E-state index is 13.0. The number of rotatable bonds is 7. The third kappa shape index (κ3) is 8.14. The van der Waals surface area contributed by atoms with Crippen molar-refractivity contribution in [3.8, 4) is 5.75 Å². The molecule has 10 heteroatoms. The quantitative estimate of drug-likeness (QED) is 0.292. The number of piperidine rings is 1. The maximum absolute atomic E-state index is 13.0. The molecule has 38 heavy (non-hydrogen) atoms. The molecule has 0 radical (unpaired) electrons. The molecular weight excluding hydrogens is 512 g/mol. The molecule has 2 atom stereocenters. The molecule has 3 N–H and O–H groups in total. The van der Waals surface area contributed by atoms with E-state index in [1.165, 1.54) is 32.5 Å². The second-order valence-electron chi connectivity index (χ2n) is 9.93. The maximum Gasteiger partial charge on any atom is 0.373 e. The Hall–Kier alpha value is -2.71. The van der Waals surface area contributed by atoms with Crippen molar-refractivity contribution in [1.29, 1.82) is 0 Å². The fourth-order valence-corrected chi connectivity index (χ4v) is 6.01. The first-order valence-electron chi connectivity index (χ1n) is 12.7. The number of carboxylic acid groups (broad SMARTS) is 1. The van der Waals surface area contributed by atoms with E-state index in [0.717, 1.165) is 61.9 Å². The fraction of sp³-hybridized carbons (Fsp3) is 0.607. The number of benzene rings is 1. The lowest BCUT2D eigenvalue weighted by Gasteiger charge is -2.28. The highest BCUT2D eigenvalue weighted by atomic mass is 35.5. The van der Waals surface area contributed by atoms with Gasteiger partial charge in [-0.3, -0.25) is 4.79 Å². The first kappa shape index (κ1) is 31.5. The van der Waals surface area contributed by atoms with Gasteiger partial charge in [-0.25, -0.2) is 4.79 Å². The van der Waals surface area contributed by atoms with Crippen molar-refractivity contribution >= 4 is 35.2 Å². The zero-order chi connectivity index (χ0) is 26.9. The van der Waals surface area contributed by atoms with E-state index in [1.54, 1.807) is 6.07 Å². The zero-order valence-electron chi connectivity index (χ0n) is 21.0.